The Balaban J connectivity index is 1.80. The second-order valence-corrected chi connectivity index (χ2v) is 6.30. The summed E-state index contributed by atoms with van der Waals surface area (Å²) in [5.41, 5.74) is 1.43. The van der Waals surface area contributed by atoms with E-state index in [4.69, 9.17) is 0 Å². The second-order valence-electron chi connectivity index (χ2n) is 6.30. The molecule has 1 unspecified atom stereocenters. The average molecular weight is 284 g/mol. The Bertz CT molecular complexity index is 543. The van der Waals surface area contributed by atoms with Crippen LogP contribution in [0.4, 0.5) is 0 Å². The smallest absolute Gasteiger partial charge is 0.0164 e. The molecule has 2 rings (SSSR count). The molecule has 0 radical (unpaired) electrons. The Morgan fingerprint density at radius 3 is 2.48 bits per heavy atom. The normalized spacial score (nSPS) is 13.0. The fourth-order valence-electron chi connectivity index (χ4n) is 2.62. The third kappa shape index (κ3) is 5.14. The lowest BCUT2D eigenvalue weighted by Gasteiger charge is -2.16. The monoisotopic (exact) mass is 284 g/mol. The van der Waals surface area contributed by atoms with Crippen molar-refractivity contribution in [3.63, 3.8) is 0 Å². The summed E-state index contributed by atoms with van der Waals surface area (Å²) in [4.78, 5) is 0. The van der Waals surface area contributed by atoms with Crippen LogP contribution >= 0.6 is 0 Å². The van der Waals surface area contributed by atoms with Crippen molar-refractivity contribution in [3.05, 3.63) is 48.0 Å². The van der Waals surface area contributed by atoms with Crippen molar-refractivity contribution in [2.75, 3.05) is 19.6 Å². The first-order valence-electron chi connectivity index (χ1n) is 8.07. The molecule has 0 bridgehead atoms. The van der Waals surface area contributed by atoms with Crippen molar-refractivity contribution < 1.29 is 0 Å². The van der Waals surface area contributed by atoms with Crippen LogP contribution in [0.15, 0.2) is 42.5 Å². The molecule has 2 heteroatoms. The standard InChI is InChI=1S/C19H28N2/c1-15(2)13-20-14-16(3)21-12-11-18-9-6-8-17-7-4-5-10-19(17)18/h4-10,15-16,20-21H,11-14H2,1-3H3. The molecule has 0 amide bonds. The van der Waals surface area contributed by atoms with E-state index in [1.165, 1.54) is 16.3 Å². The quantitative estimate of drug-likeness (QED) is 0.774. The highest BCUT2D eigenvalue weighted by Crippen LogP contribution is 2.18. The first-order chi connectivity index (χ1) is 10.2. The molecule has 114 valence electrons. The zero-order chi connectivity index (χ0) is 15.1. The maximum Gasteiger partial charge on any atom is 0.0164 e. The Labute approximate surface area is 128 Å². The maximum atomic E-state index is 3.61. The van der Waals surface area contributed by atoms with Gasteiger partial charge in [-0.3, -0.25) is 0 Å². The molecule has 0 heterocycles. The van der Waals surface area contributed by atoms with Gasteiger partial charge < -0.3 is 10.6 Å². The van der Waals surface area contributed by atoms with Crippen LogP contribution in [-0.2, 0) is 6.42 Å². The van der Waals surface area contributed by atoms with Gasteiger partial charge in [-0.05, 0) is 48.7 Å². The summed E-state index contributed by atoms with van der Waals surface area (Å²) in [6.45, 7) is 9.88. The molecule has 21 heavy (non-hydrogen) atoms. The molecule has 1 atom stereocenters. The third-order valence-electron chi connectivity index (χ3n) is 3.77. The number of benzene rings is 2. The van der Waals surface area contributed by atoms with E-state index in [-0.39, 0.29) is 0 Å². The van der Waals surface area contributed by atoms with Gasteiger partial charge >= 0.3 is 0 Å². The molecule has 2 aromatic carbocycles. The molecule has 2 aromatic rings. The SMILES string of the molecule is CC(C)CNCC(C)NCCc1cccc2ccccc12. The van der Waals surface area contributed by atoms with E-state index >= 15 is 0 Å². The zero-order valence-electron chi connectivity index (χ0n) is 13.5. The van der Waals surface area contributed by atoms with E-state index in [1.807, 2.05) is 0 Å². The van der Waals surface area contributed by atoms with Gasteiger partial charge in [0.2, 0.25) is 0 Å². The average Bonchev–Trinajstić information content (AvgIpc) is 2.47. The molecule has 2 N–H and O–H groups in total. The van der Waals surface area contributed by atoms with Gasteiger partial charge in [0.1, 0.15) is 0 Å². The van der Waals surface area contributed by atoms with Gasteiger partial charge in [-0.2, -0.15) is 0 Å². The lowest BCUT2D eigenvalue weighted by Crippen LogP contribution is -2.38. The summed E-state index contributed by atoms with van der Waals surface area (Å²) in [5.74, 6) is 0.716. The molecular weight excluding hydrogens is 256 g/mol. The number of rotatable bonds is 8. The van der Waals surface area contributed by atoms with E-state index in [9.17, 15) is 0 Å². The summed E-state index contributed by atoms with van der Waals surface area (Å²) < 4.78 is 0. The third-order valence-corrected chi connectivity index (χ3v) is 3.77. The van der Waals surface area contributed by atoms with Crippen LogP contribution < -0.4 is 10.6 Å². The lowest BCUT2D eigenvalue weighted by atomic mass is 10.0. The molecular formula is C19H28N2. The minimum absolute atomic E-state index is 0.513. The van der Waals surface area contributed by atoms with E-state index < -0.39 is 0 Å². The highest BCUT2D eigenvalue weighted by molar-refractivity contribution is 5.85. The molecule has 2 nitrogen and oxygen atoms in total. The van der Waals surface area contributed by atoms with Crippen molar-refractivity contribution in [2.45, 2.75) is 33.2 Å². The van der Waals surface area contributed by atoms with Crippen LogP contribution in [0.1, 0.15) is 26.3 Å². The van der Waals surface area contributed by atoms with E-state index in [2.05, 4.69) is 73.9 Å². The summed E-state index contributed by atoms with van der Waals surface area (Å²) in [5, 5.41) is 9.82. The van der Waals surface area contributed by atoms with Crippen LogP contribution in [0.3, 0.4) is 0 Å². The predicted octanol–water partition coefficient (Wildman–Crippen LogP) is 3.61. The van der Waals surface area contributed by atoms with Crippen molar-refractivity contribution in [3.8, 4) is 0 Å². The van der Waals surface area contributed by atoms with Gasteiger partial charge in [-0.1, -0.05) is 56.3 Å². The number of hydrogen-bond donors (Lipinski definition) is 2. The summed E-state index contributed by atoms with van der Waals surface area (Å²) in [7, 11) is 0. The highest BCUT2D eigenvalue weighted by atomic mass is 15.0. The Morgan fingerprint density at radius 2 is 1.67 bits per heavy atom. The van der Waals surface area contributed by atoms with Crippen molar-refractivity contribution in [2.24, 2.45) is 5.92 Å². The molecule has 0 aliphatic heterocycles. The highest BCUT2D eigenvalue weighted by Gasteiger charge is 2.03. The fourth-order valence-corrected chi connectivity index (χ4v) is 2.62. The van der Waals surface area contributed by atoms with Gasteiger partial charge in [0.15, 0.2) is 0 Å². The molecule has 0 saturated heterocycles. The topological polar surface area (TPSA) is 24.1 Å². The summed E-state index contributed by atoms with van der Waals surface area (Å²) >= 11 is 0. The maximum absolute atomic E-state index is 3.61. The molecule has 0 spiro atoms. The van der Waals surface area contributed by atoms with Gasteiger partial charge in [0.05, 0.1) is 0 Å². The van der Waals surface area contributed by atoms with Gasteiger partial charge in [-0.25, -0.2) is 0 Å². The van der Waals surface area contributed by atoms with Gasteiger partial charge in [0.25, 0.3) is 0 Å². The van der Waals surface area contributed by atoms with Crippen LogP contribution in [0, 0.1) is 5.92 Å². The van der Waals surface area contributed by atoms with Crippen LogP contribution in [0.25, 0.3) is 10.8 Å². The largest absolute Gasteiger partial charge is 0.315 e. The minimum Gasteiger partial charge on any atom is -0.315 e. The Kier molecular flexibility index (Phi) is 6.21. The van der Waals surface area contributed by atoms with Crippen molar-refractivity contribution in [1.29, 1.82) is 0 Å². The molecule has 0 aliphatic carbocycles. The summed E-state index contributed by atoms with van der Waals surface area (Å²) in [6, 6.07) is 15.7. The minimum atomic E-state index is 0.513. The zero-order valence-corrected chi connectivity index (χ0v) is 13.5. The van der Waals surface area contributed by atoms with Crippen LogP contribution in [0.2, 0.25) is 0 Å². The summed E-state index contributed by atoms with van der Waals surface area (Å²) in [6.07, 6.45) is 1.08. The second kappa shape index (κ2) is 8.16. The number of fused-ring (bicyclic) bond motifs is 1. The Hall–Kier alpha value is -1.38. The molecule has 0 aromatic heterocycles. The number of hydrogen-bond acceptors (Lipinski definition) is 2. The molecule has 0 saturated carbocycles. The number of nitrogens with one attached hydrogen (secondary N) is 2. The fraction of sp³-hybridized carbons (Fsp3) is 0.474. The first kappa shape index (κ1) is 16.0. The van der Waals surface area contributed by atoms with Crippen LogP contribution in [0.5, 0.6) is 0 Å². The van der Waals surface area contributed by atoms with Crippen LogP contribution in [-0.4, -0.2) is 25.7 Å². The predicted molar refractivity (Wildman–Crippen MR) is 92.8 cm³/mol. The van der Waals surface area contributed by atoms with E-state index in [0.717, 1.165) is 26.1 Å². The van der Waals surface area contributed by atoms with Crippen molar-refractivity contribution >= 4 is 10.8 Å². The molecule has 0 aliphatic rings. The Morgan fingerprint density at radius 1 is 0.905 bits per heavy atom. The van der Waals surface area contributed by atoms with E-state index in [0.29, 0.717) is 12.0 Å². The molecule has 0 fully saturated rings. The first-order valence-corrected chi connectivity index (χ1v) is 8.07. The van der Waals surface area contributed by atoms with Crippen molar-refractivity contribution in [1.82, 2.24) is 10.6 Å². The van der Waals surface area contributed by atoms with Gasteiger partial charge in [-0.15, -0.1) is 0 Å². The lowest BCUT2D eigenvalue weighted by molar-refractivity contribution is 0.475. The van der Waals surface area contributed by atoms with E-state index in [1.54, 1.807) is 0 Å². The van der Waals surface area contributed by atoms with Gasteiger partial charge in [0, 0.05) is 12.6 Å².